The predicted molar refractivity (Wildman–Crippen MR) is 80.0 cm³/mol. The van der Waals surface area contributed by atoms with E-state index in [0.717, 1.165) is 15.8 Å². The van der Waals surface area contributed by atoms with Gasteiger partial charge in [0.1, 0.15) is 10.1 Å². The summed E-state index contributed by atoms with van der Waals surface area (Å²) in [7, 11) is -4.00. The summed E-state index contributed by atoms with van der Waals surface area (Å²) in [4.78, 5) is 36.2. The van der Waals surface area contributed by atoms with Gasteiger partial charge in [-0.25, -0.2) is 22.7 Å². The summed E-state index contributed by atoms with van der Waals surface area (Å²) in [5.41, 5.74) is -0.0945. The Morgan fingerprint density at radius 3 is 2.72 bits per heavy atom. The van der Waals surface area contributed by atoms with Crippen molar-refractivity contribution in [2.75, 3.05) is 6.61 Å². The summed E-state index contributed by atoms with van der Waals surface area (Å²) in [6.45, 7) is 2.50. The Morgan fingerprint density at radius 2 is 2.16 bits per heavy atom. The number of carbonyl (C=O) groups excluding carboxylic acids is 2. The molecule has 3 rings (SSSR count). The fourth-order valence-electron chi connectivity index (χ4n) is 3.32. The fourth-order valence-corrected chi connectivity index (χ4v) is 5.67. The molecule has 12 heteroatoms. The molecule has 1 amide bonds. The molecule has 2 fully saturated rings. The van der Waals surface area contributed by atoms with Crippen LogP contribution in [0.25, 0.3) is 0 Å². The maximum absolute atomic E-state index is 12.8. The third-order valence-corrected chi connectivity index (χ3v) is 7.37. The van der Waals surface area contributed by atoms with Gasteiger partial charge in [0, 0.05) is 0 Å². The number of carboxylic acid groups (broad SMARTS) is 1. The number of sulfone groups is 1. The van der Waals surface area contributed by atoms with Crippen LogP contribution in [0.2, 0.25) is 0 Å². The van der Waals surface area contributed by atoms with Crippen molar-refractivity contribution in [3.63, 3.8) is 0 Å². The number of hydrogen-bond donors (Lipinski definition) is 1. The number of aromatic nitrogens is 3. The Hall–Kier alpha value is -2.50. The molecular weight excluding hydrogens is 356 g/mol. The lowest BCUT2D eigenvalue weighted by atomic mass is 9.96. The average Bonchev–Trinajstić information content (AvgIpc) is 3.01. The molecule has 0 radical (unpaired) electrons. The highest BCUT2D eigenvalue weighted by atomic mass is 32.2. The molecule has 0 bridgehead atoms. The van der Waals surface area contributed by atoms with Crippen LogP contribution in [0, 0.1) is 0 Å². The van der Waals surface area contributed by atoms with E-state index in [4.69, 9.17) is 4.74 Å². The molecule has 2 aliphatic heterocycles. The van der Waals surface area contributed by atoms with Crippen molar-refractivity contribution in [2.45, 2.75) is 43.0 Å². The van der Waals surface area contributed by atoms with Gasteiger partial charge in [0.2, 0.25) is 5.91 Å². The Balaban J connectivity index is 2.03. The van der Waals surface area contributed by atoms with E-state index < -0.39 is 50.4 Å². The highest BCUT2D eigenvalue weighted by Gasteiger charge is 2.70. The number of ether oxygens (including phenoxy) is 1. The monoisotopic (exact) mass is 372 g/mol. The number of hydrogen-bond acceptors (Lipinski definition) is 8. The van der Waals surface area contributed by atoms with Crippen LogP contribution in [-0.4, -0.2) is 74.0 Å². The first-order chi connectivity index (χ1) is 11.6. The van der Waals surface area contributed by atoms with E-state index in [0.29, 0.717) is 0 Å². The standard InChI is InChI=1S/C13H16N4O7S/c1-3-24-12(21)7-5-14-15-16(7)6-13(2)10(11(19)20)17-8(18)4-9(17)25(13,22)23/h5,9-10H,3-4,6H2,1-2H3,(H,19,20)/t9-,10-,13-/m0/s1. The molecular formula is C13H16N4O7S. The summed E-state index contributed by atoms with van der Waals surface area (Å²) in [5, 5.41) is 15.6. The molecule has 1 aromatic rings. The molecule has 2 saturated heterocycles. The lowest BCUT2D eigenvalue weighted by molar-refractivity contribution is -0.157. The molecule has 0 aliphatic carbocycles. The topological polar surface area (TPSA) is 149 Å². The quantitative estimate of drug-likeness (QED) is 0.489. The van der Waals surface area contributed by atoms with Crippen LogP contribution in [0.5, 0.6) is 0 Å². The Labute approximate surface area is 142 Å². The SMILES string of the molecule is CCOC(=O)c1cnnn1C[C@@]1(C)[C@H](C(=O)O)N2C(=O)C[C@@H]2S1(=O)=O. The first-order valence-corrected chi connectivity index (χ1v) is 9.02. The maximum Gasteiger partial charge on any atom is 0.358 e. The molecule has 11 nitrogen and oxygen atoms in total. The largest absolute Gasteiger partial charge is 0.480 e. The lowest BCUT2D eigenvalue weighted by Crippen LogP contribution is -2.58. The van der Waals surface area contributed by atoms with Gasteiger partial charge in [-0.3, -0.25) is 4.79 Å². The molecule has 3 atom stereocenters. The average molecular weight is 372 g/mol. The van der Waals surface area contributed by atoms with Gasteiger partial charge >= 0.3 is 11.9 Å². The number of aliphatic carboxylic acids is 1. The molecule has 136 valence electrons. The fraction of sp³-hybridized carbons (Fsp3) is 0.615. The van der Waals surface area contributed by atoms with E-state index in [1.807, 2.05) is 0 Å². The van der Waals surface area contributed by atoms with Gasteiger partial charge in [-0.1, -0.05) is 5.21 Å². The third-order valence-electron chi connectivity index (χ3n) is 4.61. The molecule has 2 aliphatic rings. The summed E-state index contributed by atoms with van der Waals surface area (Å²) in [5.74, 6) is -2.72. The number of carbonyl (C=O) groups is 3. The first kappa shape index (κ1) is 17.3. The Kier molecular flexibility index (Phi) is 3.82. The van der Waals surface area contributed by atoms with E-state index in [2.05, 4.69) is 10.3 Å². The van der Waals surface area contributed by atoms with Crippen molar-refractivity contribution in [1.29, 1.82) is 0 Å². The third kappa shape index (κ3) is 2.23. The van der Waals surface area contributed by atoms with Gasteiger partial charge < -0.3 is 14.7 Å². The van der Waals surface area contributed by atoms with Crippen LogP contribution >= 0.6 is 0 Å². The van der Waals surface area contributed by atoms with Crippen LogP contribution < -0.4 is 0 Å². The second-order valence-electron chi connectivity index (χ2n) is 6.06. The second kappa shape index (κ2) is 5.51. The number of β-lactam (4-membered cyclic amide) rings is 1. The van der Waals surface area contributed by atoms with E-state index in [-0.39, 0.29) is 18.7 Å². The Bertz CT molecular complexity index is 863. The highest BCUT2D eigenvalue weighted by Crippen LogP contribution is 2.46. The molecule has 1 aromatic heterocycles. The van der Waals surface area contributed by atoms with Gasteiger partial charge in [0.05, 0.1) is 25.8 Å². The van der Waals surface area contributed by atoms with Gasteiger partial charge in [0.25, 0.3) is 0 Å². The van der Waals surface area contributed by atoms with Crippen molar-refractivity contribution in [3.8, 4) is 0 Å². The van der Waals surface area contributed by atoms with Crippen molar-refractivity contribution in [1.82, 2.24) is 19.9 Å². The minimum atomic E-state index is -4.00. The number of amides is 1. The lowest BCUT2D eigenvalue weighted by Gasteiger charge is -2.35. The summed E-state index contributed by atoms with van der Waals surface area (Å²) >= 11 is 0. The number of esters is 1. The number of rotatable bonds is 5. The number of carboxylic acids is 1. The highest BCUT2D eigenvalue weighted by molar-refractivity contribution is 7.93. The van der Waals surface area contributed by atoms with Crippen molar-refractivity contribution in [3.05, 3.63) is 11.9 Å². The van der Waals surface area contributed by atoms with Gasteiger partial charge in [-0.15, -0.1) is 5.10 Å². The summed E-state index contributed by atoms with van der Waals surface area (Å²) < 4.78 is 29.7. The Morgan fingerprint density at radius 1 is 1.48 bits per heavy atom. The molecule has 3 heterocycles. The number of fused-ring (bicyclic) bond motifs is 1. The summed E-state index contributed by atoms with van der Waals surface area (Å²) in [6, 6.07) is -1.57. The van der Waals surface area contributed by atoms with Crippen LogP contribution in [-0.2, 0) is 30.7 Å². The minimum Gasteiger partial charge on any atom is -0.480 e. The van der Waals surface area contributed by atoms with Crippen LogP contribution in [0.1, 0.15) is 30.8 Å². The molecule has 1 N–H and O–H groups in total. The van der Waals surface area contributed by atoms with Gasteiger partial charge in [0.15, 0.2) is 21.6 Å². The molecule has 0 aromatic carbocycles. The van der Waals surface area contributed by atoms with E-state index in [1.54, 1.807) is 6.92 Å². The molecule has 0 spiro atoms. The molecule has 0 unspecified atom stereocenters. The van der Waals surface area contributed by atoms with E-state index in [1.165, 1.54) is 6.92 Å². The minimum absolute atomic E-state index is 0.0945. The van der Waals surface area contributed by atoms with Crippen LogP contribution in [0.15, 0.2) is 6.20 Å². The zero-order valence-corrected chi connectivity index (χ0v) is 14.3. The van der Waals surface area contributed by atoms with E-state index >= 15 is 0 Å². The smallest absolute Gasteiger partial charge is 0.358 e. The van der Waals surface area contributed by atoms with Crippen LogP contribution in [0.3, 0.4) is 0 Å². The zero-order valence-electron chi connectivity index (χ0n) is 13.4. The van der Waals surface area contributed by atoms with Crippen LogP contribution in [0.4, 0.5) is 0 Å². The van der Waals surface area contributed by atoms with Crippen molar-refractivity contribution in [2.24, 2.45) is 0 Å². The maximum atomic E-state index is 12.8. The van der Waals surface area contributed by atoms with Gasteiger partial charge in [-0.05, 0) is 13.8 Å². The van der Waals surface area contributed by atoms with Crippen molar-refractivity contribution < 1.29 is 32.6 Å². The molecule has 25 heavy (non-hydrogen) atoms. The second-order valence-corrected chi connectivity index (χ2v) is 8.62. The van der Waals surface area contributed by atoms with Gasteiger partial charge in [-0.2, -0.15) is 0 Å². The predicted octanol–water partition coefficient (Wildman–Crippen LogP) is -1.35. The number of nitrogens with zero attached hydrogens (tertiary/aromatic N) is 4. The normalized spacial score (nSPS) is 29.8. The zero-order chi connectivity index (χ0) is 18.6. The molecule has 0 saturated carbocycles. The van der Waals surface area contributed by atoms with E-state index in [9.17, 15) is 27.9 Å². The summed E-state index contributed by atoms with van der Waals surface area (Å²) in [6.07, 6.45) is 0.864. The van der Waals surface area contributed by atoms with Crippen molar-refractivity contribution >= 4 is 27.7 Å². The first-order valence-electron chi connectivity index (χ1n) is 7.48.